The second-order valence-corrected chi connectivity index (χ2v) is 4.32. The minimum Gasteiger partial charge on any atom is -0.396 e. The van der Waals surface area contributed by atoms with Gasteiger partial charge in [-0.2, -0.15) is 0 Å². The van der Waals surface area contributed by atoms with Crippen molar-refractivity contribution in [2.24, 2.45) is 5.41 Å². The molecule has 0 radical (unpaired) electrons. The van der Waals surface area contributed by atoms with Crippen molar-refractivity contribution in [2.45, 2.75) is 20.8 Å². The minimum atomic E-state index is -0.542. The minimum absolute atomic E-state index is 0.0652. The number of benzene rings is 1. The zero-order valence-corrected chi connectivity index (χ0v) is 8.60. The van der Waals surface area contributed by atoms with E-state index in [1.807, 2.05) is 0 Å². The standard InChI is InChI=1S/C11H14FNO/c1-11(2,3)10(14)7-4-5-9(13)8(12)6-7/h4-6H,13H2,1-3H3. The third kappa shape index (κ3) is 2.10. The Morgan fingerprint density at radius 3 is 2.36 bits per heavy atom. The molecule has 2 N–H and O–H groups in total. The summed E-state index contributed by atoms with van der Waals surface area (Å²) >= 11 is 0. The van der Waals surface area contributed by atoms with E-state index in [4.69, 9.17) is 5.73 Å². The van der Waals surface area contributed by atoms with Crippen molar-refractivity contribution in [3.63, 3.8) is 0 Å². The van der Waals surface area contributed by atoms with Crippen molar-refractivity contribution in [1.29, 1.82) is 0 Å². The van der Waals surface area contributed by atoms with Crippen LogP contribution in [0.3, 0.4) is 0 Å². The SMILES string of the molecule is CC(C)(C)C(=O)c1ccc(N)c(F)c1. The third-order valence-electron chi connectivity index (χ3n) is 1.94. The van der Waals surface area contributed by atoms with Gasteiger partial charge < -0.3 is 5.73 Å². The molecular weight excluding hydrogens is 181 g/mol. The summed E-state index contributed by atoms with van der Waals surface area (Å²) in [6.07, 6.45) is 0. The number of halogens is 1. The average Bonchev–Trinajstić information content (AvgIpc) is 2.07. The van der Waals surface area contributed by atoms with Crippen molar-refractivity contribution in [3.05, 3.63) is 29.6 Å². The van der Waals surface area contributed by atoms with Crippen molar-refractivity contribution < 1.29 is 9.18 Å². The topological polar surface area (TPSA) is 43.1 Å². The number of carbonyl (C=O) groups is 1. The van der Waals surface area contributed by atoms with E-state index in [1.54, 1.807) is 26.8 Å². The van der Waals surface area contributed by atoms with Gasteiger partial charge in [-0.05, 0) is 18.2 Å². The summed E-state index contributed by atoms with van der Waals surface area (Å²) in [6.45, 7) is 5.39. The van der Waals surface area contributed by atoms with Gasteiger partial charge in [0.1, 0.15) is 5.82 Å². The molecule has 0 amide bonds. The zero-order chi connectivity index (χ0) is 10.9. The summed E-state index contributed by atoms with van der Waals surface area (Å²) < 4.78 is 13.1. The number of carbonyl (C=O) groups excluding carboxylic acids is 1. The van der Waals surface area contributed by atoms with E-state index in [2.05, 4.69) is 0 Å². The number of nitrogens with two attached hydrogens (primary N) is 1. The number of hydrogen-bond donors (Lipinski definition) is 1. The number of Topliss-reactive ketones (excluding diaryl/α,β-unsaturated/α-hetero) is 1. The van der Waals surface area contributed by atoms with Crippen LogP contribution in [-0.4, -0.2) is 5.78 Å². The summed E-state index contributed by atoms with van der Waals surface area (Å²) in [7, 11) is 0. The summed E-state index contributed by atoms with van der Waals surface area (Å²) in [5, 5.41) is 0. The molecule has 0 saturated carbocycles. The van der Waals surface area contributed by atoms with Crippen molar-refractivity contribution >= 4 is 11.5 Å². The Morgan fingerprint density at radius 2 is 1.93 bits per heavy atom. The van der Waals surface area contributed by atoms with E-state index in [0.29, 0.717) is 5.56 Å². The van der Waals surface area contributed by atoms with Crippen LogP contribution in [0.5, 0.6) is 0 Å². The summed E-state index contributed by atoms with van der Waals surface area (Å²) in [4.78, 5) is 11.7. The molecule has 0 aliphatic rings. The van der Waals surface area contributed by atoms with Crippen LogP contribution in [-0.2, 0) is 0 Å². The second kappa shape index (κ2) is 3.40. The zero-order valence-electron chi connectivity index (χ0n) is 8.60. The maximum Gasteiger partial charge on any atom is 0.168 e. The molecule has 2 nitrogen and oxygen atoms in total. The lowest BCUT2D eigenvalue weighted by Crippen LogP contribution is -2.20. The maximum atomic E-state index is 13.1. The Bertz CT molecular complexity index is 366. The second-order valence-electron chi connectivity index (χ2n) is 4.32. The van der Waals surface area contributed by atoms with Gasteiger partial charge in [-0.3, -0.25) is 4.79 Å². The first kappa shape index (κ1) is 10.7. The number of nitrogen functional groups attached to an aromatic ring is 1. The van der Waals surface area contributed by atoms with Crippen molar-refractivity contribution in [3.8, 4) is 0 Å². The van der Waals surface area contributed by atoms with E-state index >= 15 is 0 Å². The quantitative estimate of drug-likeness (QED) is 0.553. The average molecular weight is 195 g/mol. The number of ketones is 1. The van der Waals surface area contributed by atoms with Gasteiger partial charge >= 0.3 is 0 Å². The van der Waals surface area contributed by atoms with Gasteiger partial charge in [-0.25, -0.2) is 4.39 Å². The summed E-state index contributed by atoms with van der Waals surface area (Å²) in [5.41, 5.74) is 5.24. The molecule has 0 unspecified atom stereocenters. The van der Waals surface area contributed by atoms with Crippen molar-refractivity contribution in [1.82, 2.24) is 0 Å². The van der Waals surface area contributed by atoms with Crippen LogP contribution in [0.15, 0.2) is 18.2 Å². The van der Waals surface area contributed by atoms with Gasteiger partial charge in [-0.15, -0.1) is 0 Å². The Balaban J connectivity index is 3.10. The molecule has 3 heteroatoms. The highest BCUT2D eigenvalue weighted by Gasteiger charge is 2.23. The molecule has 76 valence electrons. The first-order chi connectivity index (χ1) is 6.32. The highest BCUT2D eigenvalue weighted by molar-refractivity contribution is 6.00. The third-order valence-corrected chi connectivity index (χ3v) is 1.94. The fraction of sp³-hybridized carbons (Fsp3) is 0.364. The first-order valence-electron chi connectivity index (χ1n) is 4.42. The maximum absolute atomic E-state index is 13.1. The molecule has 0 aliphatic carbocycles. The molecule has 1 aromatic carbocycles. The number of rotatable bonds is 1. The Labute approximate surface area is 82.9 Å². The first-order valence-corrected chi connectivity index (χ1v) is 4.42. The molecule has 0 aliphatic heterocycles. The van der Waals surface area contributed by atoms with E-state index < -0.39 is 11.2 Å². The van der Waals surface area contributed by atoms with Gasteiger partial charge in [0.2, 0.25) is 0 Å². The normalized spacial score (nSPS) is 11.4. The highest BCUT2D eigenvalue weighted by Crippen LogP contribution is 2.22. The molecule has 0 fully saturated rings. The smallest absolute Gasteiger partial charge is 0.168 e. The van der Waals surface area contributed by atoms with Crippen LogP contribution in [0.25, 0.3) is 0 Å². The van der Waals surface area contributed by atoms with Crippen LogP contribution in [0.1, 0.15) is 31.1 Å². The van der Waals surface area contributed by atoms with Crippen LogP contribution in [0.2, 0.25) is 0 Å². The van der Waals surface area contributed by atoms with Crippen LogP contribution >= 0.6 is 0 Å². The number of anilines is 1. The number of hydrogen-bond acceptors (Lipinski definition) is 2. The van der Waals surface area contributed by atoms with E-state index in [-0.39, 0.29) is 11.5 Å². The molecule has 0 heterocycles. The molecular formula is C11H14FNO. The van der Waals surface area contributed by atoms with Crippen LogP contribution in [0, 0.1) is 11.2 Å². The summed E-state index contributed by atoms with van der Waals surface area (Å²) in [6, 6.07) is 4.14. The lowest BCUT2D eigenvalue weighted by atomic mass is 9.86. The fourth-order valence-corrected chi connectivity index (χ4v) is 1.10. The van der Waals surface area contributed by atoms with Gasteiger partial charge in [0.05, 0.1) is 5.69 Å². The molecule has 1 aromatic rings. The largest absolute Gasteiger partial charge is 0.396 e. The van der Waals surface area contributed by atoms with Gasteiger partial charge in [0.25, 0.3) is 0 Å². The molecule has 14 heavy (non-hydrogen) atoms. The predicted octanol–water partition coefficient (Wildman–Crippen LogP) is 2.64. The fourth-order valence-electron chi connectivity index (χ4n) is 1.10. The molecule has 0 atom stereocenters. The lowest BCUT2D eigenvalue weighted by Gasteiger charge is -2.16. The van der Waals surface area contributed by atoms with Gasteiger partial charge in [-0.1, -0.05) is 20.8 Å². The molecule has 0 spiro atoms. The van der Waals surface area contributed by atoms with Crippen LogP contribution < -0.4 is 5.73 Å². The van der Waals surface area contributed by atoms with Crippen molar-refractivity contribution in [2.75, 3.05) is 5.73 Å². The monoisotopic (exact) mass is 195 g/mol. The molecule has 0 aromatic heterocycles. The highest BCUT2D eigenvalue weighted by atomic mass is 19.1. The van der Waals surface area contributed by atoms with E-state index in [1.165, 1.54) is 12.1 Å². The van der Waals surface area contributed by atoms with Gasteiger partial charge in [0.15, 0.2) is 5.78 Å². The lowest BCUT2D eigenvalue weighted by molar-refractivity contribution is 0.0858. The predicted molar refractivity (Wildman–Crippen MR) is 54.6 cm³/mol. The van der Waals surface area contributed by atoms with E-state index in [0.717, 1.165) is 0 Å². The van der Waals surface area contributed by atoms with Gasteiger partial charge in [0, 0.05) is 11.0 Å². The Kier molecular flexibility index (Phi) is 2.60. The molecule has 0 bridgehead atoms. The molecule has 0 saturated heterocycles. The molecule has 1 rings (SSSR count). The van der Waals surface area contributed by atoms with Crippen LogP contribution in [0.4, 0.5) is 10.1 Å². The Morgan fingerprint density at radius 1 is 1.36 bits per heavy atom. The Hall–Kier alpha value is -1.38. The summed E-state index contributed by atoms with van der Waals surface area (Å²) in [5.74, 6) is -0.628. The van der Waals surface area contributed by atoms with E-state index in [9.17, 15) is 9.18 Å².